The summed E-state index contributed by atoms with van der Waals surface area (Å²) in [6.07, 6.45) is 0.305. The molecule has 170 valence electrons. The summed E-state index contributed by atoms with van der Waals surface area (Å²) in [4.78, 5) is 47.6. The van der Waals surface area contributed by atoms with E-state index in [1.165, 1.54) is 12.1 Å². The highest BCUT2D eigenvalue weighted by Crippen LogP contribution is 2.12. The molecule has 7 nitrogen and oxygen atoms in total. The average Bonchev–Trinajstić information content (AvgIpc) is 2.76. The Morgan fingerprint density at radius 1 is 0.875 bits per heavy atom. The lowest BCUT2D eigenvalue weighted by Gasteiger charge is -2.08. The van der Waals surface area contributed by atoms with E-state index in [-0.39, 0.29) is 36.7 Å². The highest BCUT2D eigenvalue weighted by Gasteiger charge is 2.12. The highest BCUT2D eigenvalue weighted by atomic mass is 19.1. The molecule has 0 unspecified atom stereocenters. The number of hydrogen-bond acceptors (Lipinski definition) is 6. The smallest absolute Gasteiger partial charge is 0.338 e. The van der Waals surface area contributed by atoms with Crippen LogP contribution in [0.3, 0.4) is 0 Å². The summed E-state index contributed by atoms with van der Waals surface area (Å²) in [6.45, 7) is 3.78. The van der Waals surface area contributed by atoms with Gasteiger partial charge in [-0.3, -0.25) is 14.4 Å². The number of benzene rings is 2. The normalized spacial score (nSPS) is 10.5. The number of Topliss-reactive ketones (excluding diaryl/α,β-unsaturated/α-hetero) is 1. The monoisotopic (exact) mass is 443 g/mol. The molecule has 0 aliphatic heterocycles. The molecule has 8 heteroatoms. The van der Waals surface area contributed by atoms with Crippen LogP contribution in [0.4, 0.5) is 10.1 Å². The van der Waals surface area contributed by atoms with Crippen LogP contribution in [0.2, 0.25) is 0 Å². The predicted molar refractivity (Wildman–Crippen MR) is 116 cm³/mol. The average molecular weight is 443 g/mol. The maximum atomic E-state index is 12.9. The maximum absolute atomic E-state index is 12.9. The topological polar surface area (TPSA) is 98.8 Å². The molecular weight excluding hydrogens is 417 g/mol. The second kappa shape index (κ2) is 12.3. The van der Waals surface area contributed by atoms with Crippen LogP contribution in [0.5, 0.6) is 0 Å². The number of hydrogen-bond donors (Lipinski definition) is 1. The Morgan fingerprint density at radius 3 is 2.12 bits per heavy atom. The molecule has 0 atom stereocenters. The third-order valence-corrected chi connectivity index (χ3v) is 4.27. The van der Waals surface area contributed by atoms with Crippen molar-refractivity contribution in [3.8, 4) is 0 Å². The van der Waals surface area contributed by atoms with E-state index in [9.17, 15) is 23.6 Å². The predicted octanol–water partition coefficient (Wildman–Crippen LogP) is 4.17. The van der Waals surface area contributed by atoms with Crippen molar-refractivity contribution in [3.05, 3.63) is 65.5 Å². The Balaban J connectivity index is 1.67. The van der Waals surface area contributed by atoms with E-state index in [0.717, 1.165) is 12.1 Å². The van der Waals surface area contributed by atoms with E-state index in [0.29, 0.717) is 17.9 Å². The Labute approximate surface area is 185 Å². The fourth-order valence-electron chi connectivity index (χ4n) is 2.57. The lowest BCUT2D eigenvalue weighted by molar-refractivity contribution is -0.142. The molecule has 0 bridgehead atoms. The highest BCUT2D eigenvalue weighted by molar-refractivity contribution is 5.98. The second-order valence-electron chi connectivity index (χ2n) is 7.56. The molecule has 1 N–H and O–H groups in total. The zero-order valence-electron chi connectivity index (χ0n) is 18.1. The van der Waals surface area contributed by atoms with Crippen molar-refractivity contribution in [2.75, 3.05) is 18.5 Å². The molecule has 0 aliphatic carbocycles. The Bertz CT molecular complexity index is 938. The SMILES string of the molecule is CC(C)COC(=O)c1ccc(NC(=O)CCCC(=O)OCC(=O)c2ccc(F)cc2)cc1. The third-order valence-electron chi connectivity index (χ3n) is 4.27. The number of ether oxygens (including phenoxy) is 2. The van der Waals surface area contributed by atoms with E-state index in [4.69, 9.17) is 9.47 Å². The van der Waals surface area contributed by atoms with Crippen molar-refractivity contribution in [1.29, 1.82) is 0 Å². The minimum atomic E-state index is -0.600. The molecule has 0 aromatic heterocycles. The summed E-state index contributed by atoms with van der Waals surface area (Å²) in [7, 11) is 0. The summed E-state index contributed by atoms with van der Waals surface area (Å²) in [6, 6.07) is 11.3. The molecular formula is C24H26FNO6. The summed E-state index contributed by atoms with van der Waals surface area (Å²) in [5.74, 6) is -1.98. The molecule has 0 saturated carbocycles. The van der Waals surface area contributed by atoms with Gasteiger partial charge in [0.15, 0.2) is 12.4 Å². The summed E-state index contributed by atoms with van der Waals surface area (Å²) in [5.41, 5.74) is 1.15. The van der Waals surface area contributed by atoms with Crippen LogP contribution in [0.15, 0.2) is 48.5 Å². The lowest BCUT2D eigenvalue weighted by Crippen LogP contribution is -2.15. The largest absolute Gasteiger partial charge is 0.462 e. The van der Waals surface area contributed by atoms with E-state index in [1.807, 2.05) is 13.8 Å². The van der Waals surface area contributed by atoms with Gasteiger partial charge in [0.25, 0.3) is 0 Å². The first kappa shape index (κ1) is 24.7. The van der Waals surface area contributed by atoms with Gasteiger partial charge >= 0.3 is 11.9 Å². The minimum absolute atomic E-state index is 0.0231. The maximum Gasteiger partial charge on any atom is 0.338 e. The van der Waals surface area contributed by atoms with Crippen LogP contribution in [-0.4, -0.2) is 36.8 Å². The van der Waals surface area contributed by atoms with Crippen LogP contribution in [-0.2, 0) is 19.1 Å². The Kier molecular flexibility index (Phi) is 9.53. The first-order chi connectivity index (χ1) is 15.2. The fourth-order valence-corrected chi connectivity index (χ4v) is 2.57. The van der Waals surface area contributed by atoms with Gasteiger partial charge in [0, 0.05) is 24.1 Å². The number of nitrogens with one attached hydrogen (secondary N) is 1. The molecule has 1 amide bonds. The molecule has 0 heterocycles. The summed E-state index contributed by atoms with van der Waals surface area (Å²) in [5, 5.41) is 2.68. The number of ketones is 1. The summed E-state index contributed by atoms with van der Waals surface area (Å²) < 4.78 is 22.9. The zero-order valence-corrected chi connectivity index (χ0v) is 18.1. The van der Waals surface area contributed by atoms with E-state index >= 15 is 0 Å². The van der Waals surface area contributed by atoms with Gasteiger partial charge in [-0.15, -0.1) is 0 Å². The molecule has 2 aromatic rings. The van der Waals surface area contributed by atoms with Gasteiger partial charge in [-0.25, -0.2) is 9.18 Å². The molecule has 0 spiro atoms. The van der Waals surface area contributed by atoms with Crippen molar-refractivity contribution < 1.29 is 33.0 Å². The van der Waals surface area contributed by atoms with Crippen molar-refractivity contribution in [1.82, 2.24) is 0 Å². The van der Waals surface area contributed by atoms with Gasteiger partial charge < -0.3 is 14.8 Å². The first-order valence-corrected chi connectivity index (χ1v) is 10.3. The number of carbonyl (C=O) groups is 4. The number of anilines is 1. The van der Waals surface area contributed by atoms with Crippen LogP contribution in [0.1, 0.15) is 53.8 Å². The minimum Gasteiger partial charge on any atom is -0.462 e. The van der Waals surface area contributed by atoms with Gasteiger partial charge in [-0.1, -0.05) is 13.8 Å². The van der Waals surface area contributed by atoms with Gasteiger partial charge in [0.05, 0.1) is 12.2 Å². The molecule has 0 saturated heterocycles. The molecule has 0 radical (unpaired) electrons. The number of esters is 2. The van der Waals surface area contributed by atoms with E-state index in [1.54, 1.807) is 24.3 Å². The first-order valence-electron chi connectivity index (χ1n) is 10.3. The van der Waals surface area contributed by atoms with Crippen molar-refractivity contribution in [2.45, 2.75) is 33.1 Å². The van der Waals surface area contributed by atoms with Gasteiger partial charge in [0.2, 0.25) is 5.91 Å². The number of rotatable bonds is 11. The molecule has 0 fully saturated rings. The number of carbonyl (C=O) groups excluding carboxylic acids is 4. The fraction of sp³-hybridized carbons (Fsp3) is 0.333. The molecule has 2 aromatic carbocycles. The zero-order chi connectivity index (χ0) is 23.5. The second-order valence-corrected chi connectivity index (χ2v) is 7.56. The quantitative estimate of drug-likeness (QED) is 0.413. The van der Waals surface area contributed by atoms with E-state index < -0.39 is 30.1 Å². The molecule has 0 aliphatic rings. The van der Waals surface area contributed by atoms with Crippen LogP contribution >= 0.6 is 0 Å². The van der Waals surface area contributed by atoms with E-state index in [2.05, 4.69) is 5.32 Å². The summed E-state index contributed by atoms with van der Waals surface area (Å²) >= 11 is 0. The van der Waals surface area contributed by atoms with Crippen molar-refractivity contribution in [2.24, 2.45) is 5.92 Å². The standard InChI is InChI=1S/C24H26FNO6/c1-16(2)14-32-24(30)18-8-12-20(13-9-18)26-22(28)4-3-5-23(29)31-15-21(27)17-6-10-19(25)11-7-17/h6-13,16H,3-5,14-15H2,1-2H3,(H,26,28). The van der Waals surface area contributed by atoms with Gasteiger partial charge in [-0.05, 0) is 60.9 Å². The van der Waals surface area contributed by atoms with Crippen molar-refractivity contribution >= 4 is 29.3 Å². The van der Waals surface area contributed by atoms with Crippen molar-refractivity contribution in [3.63, 3.8) is 0 Å². The lowest BCUT2D eigenvalue weighted by atomic mass is 10.1. The molecule has 32 heavy (non-hydrogen) atoms. The van der Waals surface area contributed by atoms with Crippen LogP contribution in [0.25, 0.3) is 0 Å². The van der Waals surface area contributed by atoms with Crippen LogP contribution < -0.4 is 5.32 Å². The third kappa shape index (κ3) is 8.67. The molecule has 2 rings (SSSR count). The Morgan fingerprint density at radius 2 is 1.50 bits per heavy atom. The number of amides is 1. The van der Waals surface area contributed by atoms with Crippen LogP contribution in [0, 0.1) is 11.7 Å². The number of halogens is 1. The Hall–Kier alpha value is -3.55. The van der Waals surface area contributed by atoms with Gasteiger partial charge in [0.1, 0.15) is 5.82 Å². The van der Waals surface area contributed by atoms with Gasteiger partial charge in [-0.2, -0.15) is 0 Å².